The van der Waals surface area contributed by atoms with Crippen LogP contribution in [0.15, 0.2) is 88.2 Å². The average molecular weight is 695 g/mol. The summed E-state index contributed by atoms with van der Waals surface area (Å²) in [5, 5.41) is 0. The molecule has 8 nitrogen and oxygen atoms in total. The molecule has 4 aromatic rings. The second-order valence-corrected chi connectivity index (χ2v) is 11.4. The summed E-state index contributed by atoms with van der Waals surface area (Å²) in [6.45, 7) is 5.46. The van der Waals surface area contributed by atoms with Crippen molar-refractivity contribution >= 4 is 57.6 Å². The quantitative estimate of drug-likeness (QED) is 0.149. The fourth-order valence-corrected chi connectivity index (χ4v) is 6.46. The number of hydrogen-bond donors (Lipinski definition) is 0. The number of ether oxygens (including phenoxy) is 3. The van der Waals surface area contributed by atoms with Crippen molar-refractivity contribution in [1.29, 1.82) is 0 Å². The first kappa shape index (κ1) is 29.5. The Morgan fingerprint density at radius 1 is 1.02 bits per heavy atom. The molecule has 5 rings (SSSR count). The Balaban J connectivity index is 1.76. The van der Waals surface area contributed by atoms with Crippen molar-refractivity contribution in [2.24, 2.45) is 4.99 Å². The van der Waals surface area contributed by atoms with Gasteiger partial charge in [0.15, 0.2) is 16.3 Å². The molecule has 0 bridgehead atoms. The first-order valence-corrected chi connectivity index (χ1v) is 15.2. The van der Waals surface area contributed by atoms with E-state index in [1.165, 1.54) is 18.3 Å². The molecule has 0 amide bonds. The SMILES string of the molecule is CCOC(=O)C1=C(c2ccccc2)N=c2s/c(=C\c3cc(I)c(OC(C)=O)c(OCC)c3)c(=O)n2[C@H]1c1ccccc1. The van der Waals surface area contributed by atoms with E-state index in [4.69, 9.17) is 19.2 Å². The minimum absolute atomic E-state index is 0.181. The normalized spacial score (nSPS) is 14.7. The zero-order chi connectivity index (χ0) is 29.8. The van der Waals surface area contributed by atoms with Crippen molar-refractivity contribution in [3.05, 3.63) is 118 Å². The molecule has 0 radical (unpaired) electrons. The van der Waals surface area contributed by atoms with Gasteiger partial charge in [-0.2, -0.15) is 0 Å². The van der Waals surface area contributed by atoms with Gasteiger partial charge in [-0.15, -0.1) is 0 Å². The van der Waals surface area contributed by atoms with Crippen LogP contribution in [0.5, 0.6) is 11.5 Å². The van der Waals surface area contributed by atoms with Gasteiger partial charge < -0.3 is 14.2 Å². The van der Waals surface area contributed by atoms with E-state index < -0.39 is 18.0 Å². The number of hydrogen-bond acceptors (Lipinski definition) is 8. The van der Waals surface area contributed by atoms with Gasteiger partial charge in [0.2, 0.25) is 0 Å². The number of aromatic nitrogens is 1. The Bertz CT molecular complexity index is 1860. The molecule has 0 saturated carbocycles. The molecule has 0 aliphatic carbocycles. The summed E-state index contributed by atoms with van der Waals surface area (Å²) >= 11 is 3.31. The summed E-state index contributed by atoms with van der Waals surface area (Å²) in [4.78, 5) is 44.6. The van der Waals surface area contributed by atoms with Crippen molar-refractivity contribution in [2.45, 2.75) is 26.8 Å². The maximum Gasteiger partial charge on any atom is 0.338 e. The molecular formula is C32H27IN2O6S. The maximum atomic E-state index is 14.1. The third-order valence-electron chi connectivity index (χ3n) is 6.36. The van der Waals surface area contributed by atoms with Gasteiger partial charge >= 0.3 is 11.9 Å². The molecule has 2 heterocycles. The molecule has 3 aromatic carbocycles. The summed E-state index contributed by atoms with van der Waals surface area (Å²) < 4.78 is 19.3. The van der Waals surface area contributed by atoms with Gasteiger partial charge in [0.05, 0.1) is 38.6 Å². The number of benzene rings is 3. The van der Waals surface area contributed by atoms with Crippen LogP contribution in [-0.4, -0.2) is 29.7 Å². The molecule has 0 fully saturated rings. The van der Waals surface area contributed by atoms with E-state index in [-0.39, 0.29) is 12.2 Å². The molecule has 1 aliphatic rings. The molecule has 0 unspecified atom stereocenters. The zero-order valence-electron chi connectivity index (χ0n) is 23.1. The lowest BCUT2D eigenvalue weighted by Gasteiger charge is -2.25. The average Bonchev–Trinajstić information content (AvgIpc) is 3.29. The second kappa shape index (κ2) is 12.9. The summed E-state index contributed by atoms with van der Waals surface area (Å²) in [6, 6.07) is 21.6. The molecule has 0 saturated heterocycles. The smallest absolute Gasteiger partial charge is 0.338 e. The summed E-state index contributed by atoms with van der Waals surface area (Å²) in [6.07, 6.45) is 1.75. The van der Waals surface area contributed by atoms with E-state index >= 15 is 0 Å². The summed E-state index contributed by atoms with van der Waals surface area (Å²) in [5.41, 5.74) is 2.67. The van der Waals surface area contributed by atoms with Crippen LogP contribution in [0.2, 0.25) is 0 Å². The van der Waals surface area contributed by atoms with Crippen LogP contribution in [0.1, 0.15) is 43.5 Å². The molecule has 0 spiro atoms. The number of halogens is 1. The first-order chi connectivity index (χ1) is 20.3. The number of nitrogens with zero attached hydrogens (tertiary/aromatic N) is 2. The Morgan fingerprint density at radius 3 is 2.36 bits per heavy atom. The molecule has 1 aromatic heterocycles. The summed E-state index contributed by atoms with van der Waals surface area (Å²) in [7, 11) is 0. The van der Waals surface area contributed by atoms with Crippen LogP contribution in [0.3, 0.4) is 0 Å². The molecular weight excluding hydrogens is 667 g/mol. The van der Waals surface area contributed by atoms with Gasteiger partial charge in [0.25, 0.3) is 5.56 Å². The standard InChI is InChI=1S/C32H27IN2O6S/c1-4-39-24-17-20(16-23(33)29(24)41-19(3)36)18-25-30(37)35-28(22-14-10-7-11-15-22)26(31(38)40-5-2)27(34-32(35)42-25)21-12-8-6-9-13-21/h6-18,28H,4-5H2,1-3H3/b25-18-/t28-/m0/s1. The van der Waals surface area contributed by atoms with Crippen molar-refractivity contribution in [2.75, 3.05) is 13.2 Å². The number of fused-ring (bicyclic) bond motifs is 1. The van der Waals surface area contributed by atoms with Crippen molar-refractivity contribution in [1.82, 2.24) is 4.57 Å². The highest BCUT2D eigenvalue weighted by molar-refractivity contribution is 14.1. The van der Waals surface area contributed by atoms with Crippen molar-refractivity contribution in [3.8, 4) is 11.5 Å². The van der Waals surface area contributed by atoms with E-state index in [1.54, 1.807) is 23.6 Å². The van der Waals surface area contributed by atoms with Gasteiger partial charge in [0, 0.05) is 12.5 Å². The number of carbonyl (C=O) groups excluding carboxylic acids is 2. The summed E-state index contributed by atoms with van der Waals surface area (Å²) in [5.74, 6) is -0.251. The van der Waals surface area contributed by atoms with E-state index in [0.717, 1.165) is 11.1 Å². The van der Waals surface area contributed by atoms with E-state index in [2.05, 4.69) is 22.6 Å². The van der Waals surface area contributed by atoms with Gasteiger partial charge in [-0.3, -0.25) is 14.2 Å². The van der Waals surface area contributed by atoms with Gasteiger partial charge in [-0.25, -0.2) is 9.79 Å². The van der Waals surface area contributed by atoms with Crippen LogP contribution < -0.4 is 24.4 Å². The highest BCUT2D eigenvalue weighted by Crippen LogP contribution is 2.36. The largest absolute Gasteiger partial charge is 0.490 e. The van der Waals surface area contributed by atoms with Crippen LogP contribution in [0.4, 0.5) is 0 Å². The van der Waals surface area contributed by atoms with E-state index in [9.17, 15) is 14.4 Å². The predicted molar refractivity (Wildman–Crippen MR) is 169 cm³/mol. The minimum Gasteiger partial charge on any atom is -0.490 e. The Morgan fingerprint density at radius 2 is 1.71 bits per heavy atom. The number of thiazole rings is 1. The number of esters is 2. The molecule has 214 valence electrons. The maximum absolute atomic E-state index is 14.1. The van der Waals surface area contributed by atoms with Gasteiger partial charge in [0.1, 0.15) is 0 Å². The Hall–Kier alpha value is -4.03. The fraction of sp³-hybridized carbons (Fsp3) is 0.188. The lowest BCUT2D eigenvalue weighted by Crippen LogP contribution is -2.40. The van der Waals surface area contributed by atoms with Crippen LogP contribution >= 0.6 is 33.9 Å². The lowest BCUT2D eigenvalue weighted by atomic mass is 9.93. The third-order valence-corrected chi connectivity index (χ3v) is 8.15. The lowest BCUT2D eigenvalue weighted by molar-refractivity contribution is -0.139. The molecule has 0 N–H and O–H groups in total. The van der Waals surface area contributed by atoms with Crippen molar-refractivity contribution < 1.29 is 23.8 Å². The van der Waals surface area contributed by atoms with Gasteiger partial charge in [-0.1, -0.05) is 72.0 Å². The van der Waals surface area contributed by atoms with Crippen molar-refractivity contribution in [3.63, 3.8) is 0 Å². The third kappa shape index (κ3) is 5.95. The zero-order valence-corrected chi connectivity index (χ0v) is 26.1. The Labute approximate surface area is 259 Å². The van der Waals surface area contributed by atoms with E-state index in [0.29, 0.717) is 47.8 Å². The van der Waals surface area contributed by atoms with Crippen LogP contribution in [-0.2, 0) is 14.3 Å². The molecule has 1 aliphatic heterocycles. The number of rotatable bonds is 8. The monoisotopic (exact) mass is 694 g/mol. The predicted octanol–water partition coefficient (Wildman–Crippen LogP) is 4.86. The first-order valence-electron chi connectivity index (χ1n) is 13.3. The van der Waals surface area contributed by atoms with E-state index in [1.807, 2.05) is 73.7 Å². The van der Waals surface area contributed by atoms with Crippen LogP contribution in [0, 0.1) is 3.57 Å². The molecule has 1 atom stereocenters. The topological polar surface area (TPSA) is 96.2 Å². The van der Waals surface area contributed by atoms with Gasteiger partial charge in [-0.05, 0) is 65.8 Å². The molecule has 42 heavy (non-hydrogen) atoms. The highest BCUT2D eigenvalue weighted by Gasteiger charge is 2.35. The fourth-order valence-electron chi connectivity index (χ4n) is 4.72. The second-order valence-electron chi connectivity index (χ2n) is 9.20. The highest BCUT2D eigenvalue weighted by atomic mass is 127. The number of carbonyl (C=O) groups is 2. The van der Waals surface area contributed by atoms with Crippen LogP contribution in [0.25, 0.3) is 11.8 Å². The molecule has 10 heteroatoms. The Kier molecular flexibility index (Phi) is 9.03. The minimum atomic E-state index is -0.746.